The van der Waals surface area contributed by atoms with E-state index in [2.05, 4.69) is 12.2 Å². The first-order valence-electron chi connectivity index (χ1n) is 5.65. The van der Waals surface area contributed by atoms with Crippen LogP contribution in [0.1, 0.15) is 39.0 Å². The Labute approximate surface area is 87.2 Å². The fourth-order valence-electron chi connectivity index (χ4n) is 2.22. The SMILES string of the molecule is CCCNCC1CCCCC1CCl. The molecule has 0 aromatic rings. The lowest BCUT2D eigenvalue weighted by molar-refractivity contribution is 0.251. The van der Waals surface area contributed by atoms with Gasteiger partial charge in [0.2, 0.25) is 0 Å². The fraction of sp³-hybridized carbons (Fsp3) is 1.00. The molecule has 0 aromatic carbocycles. The van der Waals surface area contributed by atoms with Crippen molar-refractivity contribution < 1.29 is 0 Å². The molecular weight excluding hydrogens is 182 g/mol. The second-order valence-corrected chi connectivity index (χ2v) is 4.47. The summed E-state index contributed by atoms with van der Waals surface area (Å²) in [5.74, 6) is 2.48. The standard InChI is InChI=1S/C11H22ClN/c1-2-7-13-9-11-6-4-3-5-10(11)8-12/h10-11,13H,2-9H2,1H3. The summed E-state index contributed by atoms with van der Waals surface area (Å²) < 4.78 is 0. The van der Waals surface area contributed by atoms with Gasteiger partial charge in [0.05, 0.1) is 0 Å². The molecule has 2 unspecified atom stereocenters. The van der Waals surface area contributed by atoms with Crippen LogP contribution in [0.5, 0.6) is 0 Å². The molecule has 0 spiro atoms. The molecule has 0 bridgehead atoms. The number of rotatable bonds is 5. The Bertz CT molecular complexity index is 127. The van der Waals surface area contributed by atoms with Crippen molar-refractivity contribution in [1.82, 2.24) is 5.32 Å². The molecule has 1 saturated carbocycles. The number of nitrogens with one attached hydrogen (secondary N) is 1. The first-order chi connectivity index (χ1) is 6.38. The van der Waals surface area contributed by atoms with Gasteiger partial charge in [0.1, 0.15) is 0 Å². The number of halogens is 1. The Kier molecular flexibility index (Phi) is 5.81. The zero-order valence-electron chi connectivity index (χ0n) is 8.69. The third-order valence-electron chi connectivity index (χ3n) is 3.10. The smallest absolute Gasteiger partial charge is 0.0254 e. The summed E-state index contributed by atoms with van der Waals surface area (Å²) >= 11 is 5.96. The second-order valence-electron chi connectivity index (χ2n) is 4.16. The average Bonchev–Trinajstić information content (AvgIpc) is 2.19. The minimum absolute atomic E-state index is 0.778. The van der Waals surface area contributed by atoms with Crippen LogP contribution in [0.3, 0.4) is 0 Å². The maximum Gasteiger partial charge on any atom is 0.0254 e. The first kappa shape index (κ1) is 11.3. The van der Waals surface area contributed by atoms with Crippen LogP contribution in [0.2, 0.25) is 0 Å². The molecular formula is C11H22ClN. The molecule has 1 nitrogen and oxygen atoms in total. The second kappa shape index (κ2) is 6.67. The third-order valence-corrected chi connectivity index (χ3v) is 3.49. The van der Waals surface area contributed by atoms with E-state index in [1.54, 1.807) is 0 Å². The lowest BCUT2D eigenvalue weighted by Crippen LogP contribution is -2.31. The van der Waals surface area contributed by atoms with Crippen LogP contribution in [0.25, 0.3) is 0 Å². The zero-order chi connectivity index (χ0) is 9.52. The summed E-state index contributed by atoms with van der Waals surface area (Å²) in [4.78, 5) is 0. The van der Waals surface area contributed by atoms with E-state index in [0.717, 1.165) is 24.3 Å². The molecule has 78 valence electrons. The highest BCUT2D eigenvalue weighted by atomic mass is 35.5. The maximum absolute atomic E-state index is 5.96. The van der Waals surface area contributed by atoms with Gasteiger partial charge in [0.15, 0.2) is 0 Å². The molecule has 0 radical (unpaired) electrons. The van der Waals surface area contributed by atoms with Gasteiger partial charge in [-0.2, -0.15) is 0 Å². The van der Waals surface area contributed by atoms with Crippen molar-refractivity contribution in [2.75, 3.05) is 19.0 Å². The van der Waals surface area contributed by atoms with Gasteiger partial charge in [-0.3, -0.25) is 0 Å². The summed E-state index contributed by atoms with van der Waals surface area (Å²) in [6.07, 6.45) is 6.77. The predicted molar refractivity (Wildman–Crippen MR) is 59.3 cm³/mol. The van der Waals surface area contributed by atoms with Gasteiger partial charge in [-0.15, -0.1) is 11.6 Å². The van der Waals surface area contributed by atoms with Crippen molar-refractivity contribution in [1.29, 1.82) is 0 Å². The Morgan fingerprint density at radius 2 is 1.92 bits per heavy atom. The summed E-state index contributed by atoms with van der Waals surface area (Å²) in [5, 5.41) is 3.51. The van der Waals surface area contributed by atoms with Crippen LogP contribution >= 0.6 is 11.6 Å². The lowest BCUT2D eigenvalue weighted by atomic mass is 9.80. The maximum atomic E-state index is 5.96. The molecule has 1 N–H and O–H groups in total. The van der Waals surface area contributed by atoms with Crippen LogP contribution in [0.4, 0.5) is 0 Å². The summed E-state index contributed by atoms with van der Waals surface area (Å²) in [5.41, 5.74) is 0. The Morgan fingerprint density at radius 1 is 1.23 bits per heavy atom. The van der Waals surface area contributed by atoms with Crippen molar-refractivity contribution in [2.24, 2.45) is 11.8 Å². The first-order valence-corrected chi connectivity index (χ1v) is 6.18. The third kappa shape index (κ3) is 3.86. The van der Waals surface area contributed by atoms with E-state index in [-0.39, 0.29) is 0 Å². The van der Waals surface area contributed by atoms with Gasteiger partial charge in [0.25, 0.3) is 0 Å². The van der Waals surface area contributed by atoms with Crippen molar-refractivity contribution in [3.05, 3.63) is 0 Å². The largest absolute Gasteiger partial charge is 0.316 e. The summed E-state index contributed by atoms with van der Waals surface area (Å²) in [6, 6.07) is 0. The van der Waals surface area contributed by atoms with Crippen molar-refractivity contribution >= 4 is 11.6 Å². The van der Waals surface area contributed by atoms with Crippen LogP contribution in [0, 0.1) is 11.8 Å². The zero-order valence-corrected chi connectivity index (χ0v) is 9.45. The quantitative estimate of drug-likeness (QED) is 0.535. The average molecular weight is 204 g/mol. The minimum Gasteiger partial charge on any atom is -0.316 e. The van der Waals surface area contributed by atoms with E-state index in [4.69, 9.17) is 11.6 Å². The van der Waals surface area contributed by atoms with Crippen LogP contribution in [0.15, 0.2) is 0 Å². The normalized spacial score (nSPS) is 29.1. The molecule has 2 heteroatoms. The van der Waals surface area contributed by atoms with Gasteiger partial charge in [-0.1, -0.05) is 19.8 Å². The molecule has 1 fully saturated rings. The highest BCUT2D eigenvalue weighted by Crippen LogP contribution is 2.30. The molecule has 0 saturated heterocycles. The highest BCUT2D eigenvalue weighted by Gasteiger charge is 2.23. The Hall–Kier alpha value is 0.250. The number of alkyl halides is 1. The molecule has 2 atom stereocenters. The van der Waals surface area contributed by atoms with Crippen molar-refractivity contribution in [3.63, 3.8) is 0 Å². The van der Waals surface area contributed by atoms with Crippen LogP contribution in [-0.2, 0) is 0 Å². The van der Waals surface area contributed by atoms with Gasteiger partial charge in [0, 0.05) is 5.88 Å². The Morgan fingerprint density at radius 3 is 2.54 bits per heavy atom. The van der Waals surface area contributed by atoms with E-state index in [0.29, 0.717) is 0 Å². The van der Waals surface area contributed by atoms with Crippen LogP contribution < -0.4 is 5.32 Å². The minimum atomic E-state index is 0.778. The molecule has 0 aromatic heterocycles. The molecule has 0 heterocycles. The van der Waals surface area contributed by atoms with E-state index in [9.17, 15) is 0 Å². The summed E-state index contributed by atoms with van der Waals surface area (Å²) in [7, 11) is 0. The van der Waals surface area contributed by atoms with Gasteiger partial charge in [-0.05, 0) is 44.2 Å². The van der Waals surface area contributed by atoms with Gasteiger partial charge < -0.3 is 5.32 Å². The van der Waals surface area contributed by atoms with Gasteiger partial charge in [-0.25, -0.2) is 0 Å². The van der Waals surface area contributed by atoms with E-state index in [1.165, 1.54) is 38.6 Å². The topological polar surface area (TPSA) is 12.0 Å². The number of hydrogen-bond acceptors (Lipinski definition) is 1. The summed E-state index contributed by atoms with van der Waals surface area (Å²) in [6.45, 7) is 4.56. The van der Waals surface area contributed by atoms with Crippen molar-refractivity contribution in [3.8, 4) is 0 Å². The molecule has 0 aliphatic heterocycles. The molecule has 0 amide bonds. The van der Waals surface area contributed by atoms with Crippen LogP contribution in [-0.4, -0.2) is 19.0 Å². The van der Waals surface area contributed by atoms with E-state index < -0.39 is 0 Å². The molecule has 1 rings (SSSR count). The molecule has 1 aliphatic carbocycles. The highest BCUT2D eigenvalue weighted by molar-refractivity contribution is 6.18. The monoisotopic (exact) mass is 203 g/mol. The van der Waals surface area contributed by atoms with Gasteiger partial charge >= 0.3 is 0 Å². The van der Waals surface area contributed by atoms with E-state index in [1.807, 2.05) is 0 Å². The molecule has 13 heavy (non-hydrogen) atoms. The Balaban J connectivity index is 2.19. The predicted octanol–water partition coefficient (Wildman–Crippen LogP) is 3.03. The van der Waals surface area contributed by atoms with Crippen molar-refractivity contribution in [2.45, 2.75) is 39.0 Å². The van der Waals surface area contributed by atoms with E-state index >= 15 is 0 Å². The lowest BCUT2D eigenvalue weighted by Gasteiger charge is -2.30. The molecule has 1 aliphatic rings. The number of hydrogen-bond donors (Lipinski definition) is 1. The fourth-order valence-corrected chi connectivity index (χ4v) is 2.63.